The fraction of sp³-hybridized carbons (Fsp3) is 0.409. The van der Waals surface area contributed by atoms with E-state index in [4.69, 9.17) is 4.74 Å². The molecule has 0 aromatic heterocycles. The second-order valence-electron chi connectivity index (χ2n) is 7.49. The number of hydrogen-bond donors (Lipinski definition) is 1. The van der Waals surface area contributed by atoms with Gasteiger partial charge in [0.05, 0.1) is 17.4 Å². The van der Waals surface area contributed by atoms with Crippen molar-refractivity contribution in [1.82, 2.24) is 9.62 Å². The molecule has 1 atom stereocenters. The highest BCUT2D eigenvalue weighted by Crippen LogP contribution is 2.24. The number of aryl methyl sites for hydroxylation is 1. The second kappa shape index (κ2) is 9.57. The van der Waals surface area contributed by atoms with Gasteiger partial charge in [0.15, 0.2) is 0 Å². The lowest BCUT2D eigenvalue weighted by molar-refractivity contribution is -0.126. The van der Waals surface area contributed by atoms with Crippen LogP contribution in [0.15, 0.2) is 47.4 Å². The van der Waals surface area contributed by atoms with E-state index in [-0.39, 0.29) is 17.3 Å². The van der Waals surface area contributed by atoms with Gasteiger partial charge in [-0.15, -0.1) is 0 Å². The van der Waals surface area contributed by atoms with Crippen LogP contribution >= 0.6 is 0 Å². The minimum Gasteiger partial charge on any atom is -0.491 e. The van der Waals surface area contributed by atoms with Crippen LogP contribution in [0.4, 0.5) is 4.39 Å². The van der Waals surface area contributed by atoms with Gasteiger partial charge >= 0.3 is 0 Å². The Kier molecular flexibility index (Phi) is 7.10. The van der Waals surface area contributed by atoms with E-state index in [0.29, 0.717) is 32.5 Å². The molecule has 0 unspecified atom stereocenters. The quantitative estimate of drug-likeness (QED) is 0.680. The summed E-state index contributed by atoms with van der Waals surface area (Å²) in [6.07, 6.45) is 1.22. The summed E-state index contributed by atoms with van der Waals surface area (Å²) in [6, 6.07) is 10.6. The molecule has 0 saturated carbocycles. The van der Waals surface area contributed by atoms with Crippen LogP contribution in [-0.2, 0) is 14.8 Å². The number of ether oxygens (including phenoxy) is 1. The van der Waals surface area contributed by atoms with Crippen molar-refractivity contribution < 1.29 is 22.3 Å². The number of nitrogens with zero attached hydrogens (tertiary/aromatic N) is 1. The molecule has 0 spiro atoms. The summed E-state index contributed by atoms with van der Waals surface area (Å²) in [5, 5.41) is 2.84. The molecule has 8 heteroatoms. The van der Waals surface area contributed by atoms with Gasteiger partial charge < -0.3 is 10.1 Å². The van der Waals surface area contributed by atoms with Crippen LogP contribution in [0.25, 0.3) is 0 Å². The average Bonchev–Trinajstić information content (AvgIpc) is 2.74. The molecule has 162 valence electrons. The lowest BCUT2D eigenvalue weighted by atomic mass is 9.99. The van der Waals surface area contributed by atoms with Gasteiger partial charge in [0.1, 0.15) is 18.2 Å². The molecule has 1 N–H and O–H groups in total. The molecule has 2 aromatic carbocycles. The summed E-state index contributed by atoms with van der Waals surface area (Å²) in [7, 11) is -3.75. The number of halogens is 1. The van der Waals surface area contributed by atoms with Crippen LogP contribution in [0.3, 0.4) is 0 Å². The predicted molar refractivity (Wildman–Crippen MR) is 112 cm³/mol. The highest BCUT2D eigenvalue weighted by molar-refractivity contribution is 7.89. The molecule has 1 amide bonds. The number of hydrogen-bond acceptors (Lipinski definition) is 4. The van der Waals surface area contributed by atoms with Gasteiger partial charge in [-0.1, -0.05) is 12.1 Å². The maximum atomic E-state index is 13.1. The summed E-state index contributed by atoms with van der Waals surface area (Å²) in [5.41, 5.74) is 2.21. The Bertz CT molecular complexity index is 993. The molecule has 1 aliphatic rings. The molecule has 2 aromatic rings. The average molecular weight is 435 g/mol. The maximum absolute atomic E-state index is 13.1. The van der Waals surface area contributed by atoms with Crippen LogP contribution in [0.5, 0.6) is 5.75 Å². The minimum atomic E-state index is -3.75. The monoisotopic (exact) mass is 434 g/mol. The predicted octanol–water partition coefficient (Wildman–Crippen LogP) is 3.04. The normalized spacial score (nSPS) is 17.5. The fourth-order valence-corrected chi connectivity index (χ4v) is 5.01. The zero-order valence-electron chi connectivity index (χ0n) is 17.2. The van der Waals surface area contributed by atoms with Crippen molar-refractivity contribution in [2.45, 2.75) is 31.6 Å². The van der Waals surface area contributed by atoms with Crippen molar-refractivity contribution in [2.24, 2.45) is 5.92 Å². The minimum absolute atomic E-state index is 0.0342. The number of benzene rings is 2. The zero-order chi connectivity index (χ0) is 21.7. The fourth-order valence-electron chi connectivity index (χ4n) is 3.49. The topological polar surface area (TPSA) is 75.7 Å². The van der Waals surface area contributed by atoms with E-state index >= 15 is 0 Å². The van der Waals surface area contributed by atoms with E-state index in [1.54, 1.807) is 0 Å². The van der Waals surface area contributed by atoms with Crippen molar-refractivity contribution in [2.75, 3.05) is 26.2 Å². The lowest BCUT2D eigenvalue weighted by Crippen LogP contribution is -2.46. The van der Waals surface area contributed by atoms with E-state index in [2.05, 4.69) is 5.32 Å². The van der Waals surface area contributed by atoms with Gasteiger partial charge in [-0.25, -0.2) is 12.8 Å². The molecule has 30 heavy (non-hydrogen) atoms. The molecule has 1 aliphatic heterocycles. The third-order valence-corrected chi connectivity index (χ3v) is 7.30. The van der Waals surface area contributed by atoms with E-state index in [1.165, 1.54) is 16.4 Å². The highest BCUT2D eigenvalue weighted by atomic mass is 32.2. The number of sulfonamides is 1. The third-order valence-electron chi connectivity index (χ3n) is 5.42. The van der Waals surface area contributed by atoms with Gasteiger partial charge in [-0.05, 0) is 68.1 Å². The summed E-state index contributed by atoms with van der Waals surface area (Å²) in [5.74, 6) is -0.306. The van der Waals surface area contributed by atoms with Gasteiger partial charge in [0.25, 0.3) is 0 Å². The number of carbonyl (C=O) groups excluding carboxylic acids is 1. The Balaban J connectivity index is 1.53. The Labute approximate surface area is 177 Å². The van der Waals surface area contributed by atoms with Gasteiger partial charge in [-0.3, -0.25) is 4.79 Å². The largest absolute Gasteiger partial charge is 0.491 e. The van der Waals surface area contributed by atoms with Crippen LogP contribution in [0.1, 0.15) is 24.0 Å². The Morgan fingerprint density at radius 3 is 2.67 bits per heavy atom. The summed E-state index contributed by atoms with van der Waals surface area (Å²) in [6.45, 7) is 5.14. The van der Waals surface area contributed by atoms with E-state index in [1.807, 2.05) is 32.0 Å². The van der Waals surface area contributed by atoms with Crippen molar-refractivity contribution >= 4 is 15.9 Å². The Morgan fingerprint density at radius 2 is 1.93 bits per heavy atom. The van der Waals surface area contributed by atoms with Crippen LogP contribution in [0, 0.1) is 25.6 Å². The molecule has 0 aliphatic carbocycles. The maximum Gasteiger partial charge on any atom is 0.243 e. The number of carbonyl (C=O) groups is 1. The molecule has 3 rings (SSSR count). The number of amides is 1. The van der Waals surface area contributed by atoms with Gasteiger partial charge in [0, 0.05) is 13.1 Å². The Morgan fingerprint density at radius 1 is 1.20 bits per heavy atom. The van der Waals surface area contributed by atoms with Gasteiger partial charge in [-0.2, -0.15) is 4.31 Å². The molecule has 1 fully saturated rings. The lowest BCUT2D eigenvalue weighted by Gasteiger charge is -2.31. The standard InChI is InChI=1S/C22H27FN2O4S/c1-16-5-3-7-21(17(16)2)29-14-12-24-22(26)18-6-4-13-25(15-18)30(27,28)20-10-8-19(23)9-11-20/h3,5,7-11,18H,4,6,12-15H2,1-2H3,(H,24,26)/t18-/m0/s1. The summed E-state index contributed by atoms with van der Waals surface area (Å²) < 4.78 is 45.8. The third kappa shape index (κ3) is 5.17. The van der Waals surface area contributed by atoms with Crippen molar-refractivity contribution in [3.05, 3.63) is 59.4 Å². The number of piperidine rings is 1. The molecular weight excluding hydrogens is 407 g/mol. The summed E-state index contributed by atoms with van der Waals surface area (Å²) >= 11 is 0. The smallest absolute Gasteiger partial charge is 0.243 e. The molecule has 0 radical (unpaired) electrons. The van der Waals surface area contributed by atoms with E-state index in [9.17, 15) is 17.6 Å². The van der Waals surface area contributed by atoms with E-state index in [0.717, 1.165) is 29.0 Å². The SMILES string of the molecule is Cc1cccc(OCCNC(=O)[C@H]2CCCN(S(=O)(=O)c3ccc(F)cc3)C2)c1C. The molecule has 0 bridgehead atoms. The second-order valence-corrected chi connectivity index (χ2v) is 9.43. The van der Waals surface area contributed by atoms with Crippen molar-refractivity contribution in [1.29, 1.82) is 0 Å². The molecule has 1 heterocycles. The molecule has 1 saturated heterocycles. The Hall–Kier alpha value is -2.45. The first-order valence-electron chi connectivity index (χ1n) is 10.0. The number of nitrogens with one attached hydrogen (secondary N) is 1. The summed E-state index contributed by atoms with van der Waals surface area (Å²) in [4.78, 5) is 12.6. The first-order valence-corrected chi connectivity index (χ1v) is 11.5. The highest BCUT2D eigenvalue weighted by Gasteiger charge is 2.33. The first kappa shape index (κ1) is 22.2. The van der Waals surface area contributed by atoms with Crippen LogP contribution in [0.2, 0.25) is 0 Å². The molecular formula is C22H27FN2O4S. The van der Waals surface area contributed by atoms with Crippen molar-refractivity contribution in [3.8, 4) is 5.75 Å². The first-order chi connectivity index (χ1) is 14.3. The van der Waals surface area contributed by atoms with Gasteiger partial charge in [0.2, 0.25) is 15.9 Å². The molecule has 6 nitrogen and oxygen atoms in total. The zero-order valence-corrected chi connectivity index (χ0v) is 18.0. The van der Waals surface area contributed by atoms with Crippen LogP contribution in [-0.4, -0.2) is 44.9 Å². The van der Waals surface area contributed by atoms with Crippen LogP contribution < -0.4 is 10.1 Å². The number of rotatable bonds is 7. The van der Waals surface area contributed by atoms with E-state index < -0.39 is 21.8 Å². The van der Waals surface area contributed by atoms with Crippen molar-refractivity contribution in [3.63, 3.8) is 0 Å².